The topological polar surface area (TPSA) is 18.5 Å². The molecule has 0 aromatic rings. The Morgan fingerprint density at radius 2 is 1.94 bits per heavy atom. The van der Waals surface area contributed by atoms with E-state index < -0.39 is 0 Å². The Hall–Kier alpha value is 0.400. The zero-order valence-electron chi connectivity index (χ0n) is 10.6. The summed E-state index contributed by atoms with van der Waals surface area (Å²) in [5.74, 6) is 0. The Morgan fingerprint density at radius 3 is 2.50 bits per heavy atom. The fourth-order valence-electron chi connectivity index (χ4n) is 2.27. The summed E-state index contributed by atoms with van der Waals surface area (Å²) in [7, 11) is 0. The summed E-state index contributed by atoms with van der Waals surface area (Å²) in [6.07, 6.45) is 6.93. The molecule has 1 fully saturated rings. The van der Waals surface area contributed by atoms with Crippen LogP contribution in [0, 0.1) is 5.41 Å². The molecule has 3 heteroatoms. The normalized spacial score (nSPS) is 21.9. The van der Waals surface area contributed by atoms with Gasteiger partial charge in [-0.25, -0.2) is 0 Å². The second-order valence-corrected chi connectivity index (χ2v) is 5.54. The van der Waals surface area contributed by atoms with Gasteiger partial charge in [0.05, 0.1) is 19.3 Å². The molecular formula is C13H25BrO2. The molecule has 1 rings (SSSR count). The molecule has 0 aromatic heterocycles. The second kappa shape index (κ2) is 7.67. The summed E-state index contributed by atoms with van der Waals surface area (Å²) in [4.78, 5) is 0. The predicted octanol–water partition coefficient (Wildman–Crippen LogP) is 3.77. The first-order valence-electron chi connectivity index (χ1n) is 6.48. The van der Waals surface area contributed by atoms with Crippen molar-refractivity contribution in [3.63, 3.8) is 0 Å². The lowest BCUT2D eigenvalue weighted by molar-refractivity contribution is -0.0440. The molecule has 1 aliphatic rings. The maximum absolute atomic E-state index is 5.92. The number of hydrogen-bond donors (Lipinski definition) is 0. The molecule has 1 saturated carbocycles. The van der Waals surface area contributed by atoms with E-state index in [-0.39, 0.29) is 6.10 Å². The van der Waals surface area contributed by atoms with Gasteiger partial charge in [-0.05, 0) is 26.7 Å². The average Bonchev–Trinajstić information content (AvgIpc) is 2.35. The SMILES string of the molecule is CCOCC(C)OCC1(CBr)CCCCC1. The Kier molecular flexibility index (Phi) is 6.94. The average molecular weight is 293 g/mol. The van der Waals surface area contributed by atoms with Crippen molar-refractivity contribution in [1.29, 1.82) is 0 Å². The van der Waals surface area contributed by atoms with E-state index >= 15 is 0 Å². The Balaban J connectivity index is 2.27. The molecular weight excluding hydrogens is 268 g/mol. The summed E-state index contributed by atoms with van der Waals surface area (Å²) in [6.45, 7) is 6.49. The highest BCUT2D eigenvalue weighted by atomic mass is 79.9. The molecule has 0 amide bonds. The van der Waals surface area contributed by atoms with Crippen LogP contribution in [-0.2, 0) is 9.47 Å². The van der Waals surface area contributed by atoms with Crippen molar-refractivity contribution in [2.45, 2.75) is 52.1 Å². The van der Waals surface area contributed by atoms with E-state index in [0.717, 1.165) is 25.2 Å². The van der Waals surface area contributed by atoms with Gasteiger partial charge in [-0.2, -0.15) is 0 Å². The fourth-order valence-corrected chi connectivity index (χ4v) is 2.99. The Morgan fingerprint density at radius 1 is 1.25 bits per heavy atom. The summed E-state index contributed by atoms with van der Waals surface area (Å²) in [5.41, 5.74) is 0.388. The van der Waals surface area contributed by atoms with Gasteiger partial charge in [0.2, 0.25) is 0 Å². The Labute approximate surface area is 108 Å². The molecule has 0 radical (unpaired) electrons. The highest BCUT2D eigenvalue weighted by Gasteiger charge is 2.31. The smallest absolute Gasteiger partial charge is 0.0780 e. The first kappa shape index (κ1) is 14.5. The molecule has 96 valence electrons. The van der Waals surface area contributed by atoms with Gasteiger partial charge in [-0.1, -0.05) is 35.2 Å². The third-order valence-electron chi connectivity index (χ3n) is 3.43. The number of halogens is 1. The van der Waals surface area contributed by atoms with Gasteiger partial charge < -0.3 is 9.47 Å². The molecule has 0 heterocycles. The maximum atomic E-state index is 5.92. The van der Waals surface area contributed by atoms with E-state index in [9.17, 15) is 0 Å². The van der Waals surface area contributed by atoms with E-state index in [1.165, 1.54) is 32.1 Å². The van der Waals surface area contributed by atoms with Crippen LogP contribution in [0.1, 0.15) is 46.0 Å². The zero-order chi connectivity index (χ0) is 11.9. The first-order valence-corrected chi connectivity index (χ1v) is 7.60. The van der Waals surface area contributed by atoms with Crippen molar-refractivity contribution in [3.05, 3.63) is 0 Å². The largest absolute Gasteiger partial charge is 0.379 e. The van der Waals surface area contributed by atoms with Crippen LogP contribution in [0.4, 0.5) is 0 Å². The van der Waals surface area contributed by atoms with Crippen LogP contribution < -0.4 is 0 Å². The van der Waals surface area contributed by atoms with Crippen molar-refractivity contribution < 1.29 is 9.47 Å². The third-order valence-corrected chi connectivity index (χ3v) is 4.62. The molecule has 1 aliphatic carbocycles. The second-order valence-electron chi connectivity index (χ2n) is 4.98. The van der Waals surface area contributed by atoms with Crippen molar-refractivity contribution in [1.82, 2.24) is 0 Å². The molecule has 0 aliphatic heterocycles. The predicted molar refractivity (Wildman–Crippen MR) is 71.2 cm³/mol. The van der Waals surface area contributed by atoms with Gasteiger partial charge in [0.1, 0.15) is 0 Å². The quantitative estimate of drug-likeness (QED) is 0.665. The van der Waals surface area contributed by atoms with Crippen molar-refractivity contribution in [2.75, 3.05) is 25.2 Å². The molecule has 0 aromatic carbocycles. The number of hydrogen-bond acceptors (Lipinski definition) is 2. The van der Waals surface area contributed by atoms with Crippen LogP contribution in [0.25, 0.3) is 0 Å². The van der Waals surface area contributed by atoms with Crippen LogP contribution in [0.2, 0.25) is 0 Å². The summed E-state index contributed by atoms with van der Waals surface area (Å²) < 4.78 is 11.3. The van der Waals surface area contributed by atoms with E-state index in [1.54, 1.807) is 0 Å². The first-order chi connectivity index (χ1) is 7.72. The minimum atomic E-state index is 0.220. The van der Waals surface area contributed by atoms with E-state index in [4.69, 9.17) is 9.47 Å². The highest BCUT2D eigenvalue weighted by molar-refractivity contribution is 9.09. The van der Waals surface area contributed by atoms with Crippen LogP contribution in [0.3, 0.4) is 0 Å². The lowest BCUT2D eigenvalue weighted by Gasteiger charge is -2.36. The third kappa shape index (κ3) is 4.72. The van der Waals surface area contributed by atoms with E-state index in [1.807, 2.05) is 6.92 Å². The van der Waals surface area contributed by atoms with Crippen molar-refractivity contribution >= 4 is 15.9 Å². The van der Waals surface area contributed by atoms with Crippen LogP contribution >= 0.6 is 15.9 Å². The van der Waals surface area contributed by atoms with Gasteiger partial charge in [-0.3, -0.25) is 0 Å². The van der Waals surface area contributed by atoms with E-state index in [2.05, 4.69) is 22.9 Å². The minimum Gasteiger partial charge on any atom is -0.379 e. The summed E-state index contributed by atoms with van der Waals surface area (Å²) in [5, 5.41) is 1.07. The molecule has 1 unspecified atom stereocenters. The summed E-state index contributed by atoms with van der Waals surface area (Å²) >= 11 is 3.66. The van der Waals surface area contributed by atoms with Crippen LogP contribution in [0.15, 0.2) is 0 Å². The van der Waals surface area contributed by atoms with Crippen molar-refractivity contribution in [2.24, 2.45) is 5.41 Å². The lowest BCUT2D eigenvalue weighted by atomic mass is 9.76. The molecule has 0 N–H and O–H groups in total. The minimum absolute atomic E-state index is 0.220. The monoisotopic (exact) mass is 292 g/mol. The molecule has 0 spiro atoms. The van der Waals surface area contributed by atoms with Gasteiger partial charge in [0.15, 0.2) is 0 Å². The van der Waals surface area contributed by atoms with Crippen molar-refractivity contribution in [3.8, 4) is 0 Å². The molecule has 16 heavy (non-hydrogen) atoms. The molecule has 0 bridgehead atoms. The molecule has 2 nitrogen and oxygen atoms in total. The standard InChI is InChI=1S/C13H25BrO2/c1-3-15-9-12(2)16-11-13(10-14)7-5-4-6-8-13/h12H,3-11H2,1-2H3. The van der Waals surface area contributed by atoms with Gasteiger partial charge >= 0.3 is 0 Å². The highest BCUT2D eigenvalue weighted by Crippen LogP contribution is 2.38. The van der Waals surface area contributed by atoms with Crippen LogP contribution in [-0.4, -0.2) is 31.3 Å². The van der Waals surface area contributed by atoms with E-state index in [0.29, 0.717) is 5.41 Å². The summed E-state index contributed by atoms with van der Waals surface area (Å²) in [6, 6.07) is 0. The maximum Gasteiger partial charge on any atom is 0.0780 e. The molecule has 0 saturated heterocycles. The number of rotatable bonds is 7. The molecule has 1 atom stereocenters. The zero-order valence-corrected chi connectivity index (χ0v) is 12.2. The van der Waals surface area contributed by atoms with Gasteiger partial charge in [0, 0.05) is 17.4 Å². The number of ether oxygens (including phenoxy) is 2. The number of alkyl halides is 1. The van der Waals surface area contributed by atoms with Crippen LogP contribution in [0.5, 0.6) is 0 Å². The van der Waals surface area contributed by atoms with Gasteiger partial charge in [-0.15, -0.1) is 0 Å². The van der Waals surface area contributed by atoms with Gasteiger partial charge in [0.25, 0.3) is 0 Å². The lowest BCUT2D eigenvalue weighted by Crippen LogP contribution is -2.33. The Bertz CT molecular complexity index is 179. The fraction of sp³-hybridized carbons (Fsp3) is 1.00.